The van der Waals surface area contributed by atoms with Crippen molar-refractivity contribution in [3.05, 3.63) is 63.9 Å². The maximum Gasteiger partial charge on any atom is 0.246 e. The van der Waals surface area contributed by atoms with E-state index in [2.05, 4.69) is 4.90 Å². The van der Waals surface area contributed by atoms with E-state index in [9.17, 15) is 12.8 Å². The van der Waals surface area contributed by atoms with Crippen molar-refractivity contribution in [3.8, 4) is 0 Å². The Morgan fingerprint density at radius 2 is 1.56 bits per heavy atom. The number of rotatable bonds is 4. The lowest BCUT2D eigenvalue weighted by Crippen LogP contribution is -2.48. The molecule has 0 amide bonds. The molecule has 1 aliphatic heterocycles. The summed E-state index contributed by atoms with van der Waals surface area (Å²) in [5, 5.41) is 0.240. The standard InChI is InChI=1S/C17H17Cl2FN2O2S/c18-15-5-2-6-16(19)17(15)25(23,24)22-9-7-21(8-10-22)12-13-3-1-4-14(20)11-13/h1-6,11H,7-10,12H2. The van der Waals surface area contributed by atoms with Gasteiger partial charge in [0.25, 0.3) is 0 Å². The van der Waals surface area contributed by atoms with Crippen LogP contribution in [0.3, 0.4) is 0 Å². The van der Waals surface area contributed by atoms with Crippen LogP contribution in [-0.4, -0.2) is 43.8 Å². The summed E-state index contributed by atoms with van der Waals surface area (Å²) in [5.74, 6) is -0.271. The van der Waals surface area contributed by atoms with Gasteiger partial charge in [-0.2, -0.15) is 4.31 Å². The Balaban J connectivity index is 1.69. The van der Waals surface area contributed by atoms with Crippen molar-refractivity contribution in [3.63, 3.8) is 0 Å². The van der Waals surface area contributed by atoms with Crippen LogP contribution in [0, 0.1) is 5.82 Å². The zero-order valence-corrected chi connectivity index (χ0v) is 15.7. The minimum atomic E-state index is -3.74. The highest BCUT2D eigenvalue weighted by Crippen LogP contribution is 2.31. The van der Waals surface area contributed by atoms with Gasteiger partial charge in [-0.05, 0) is 29.8 Å². The van der Waals surface area contributed by atoms with Crippen molar-refractivity contribution in [2.45, 2.75) is 11.4 Å². The quantitative estimate of drug-likeness (QED) is 0.783. The average Bonchev–Trinajstić information content (AvgIpc) is 2.55. The molecule has 0 spiro atoms. The van der Waals surface area contributed by atoms with E-state index < -0.39 is 10.0 Å². The van der Waals surface area contributed by atoms with Gasteiger partial charge >= 0.3 is 0 Å². The lowest BCUT2D eigenvalue weighted by atomic mass is 10.2. The number of halogens is 3. The van der Waals surface area contributed by atoms with Crippen molar-refractivity contribution in [1.29, 1.82) is 0 Å². The minimum absolute atomic E-state index is 0.0445. The van der Waals surface area contributed by atoms with Crippen LogP contribution in [0.15, 0.2) is 47.4 Å². The van der Waals surface area contributed by atoms with Crippen LogP contribution in [0.1, 0.15) is 5.56 Å². The third kappa shape index (κ3) is 4.15. The first-order valence-corrected chi connectivity index (χ1v) is 9.98. The molecular formula is C17H17Cl2FN2O2S. The Hall–Kier alpha value is -1.18. The Labute approximate surface area is 156 Å². The molecule has 1 heterocycles. The Morgan fingerprint density at radius 3 is 2.16 bits per heavy atom. The van der Waals surface area contributed by atoms with Crippen LogP contribution in [-0.2, 0) is 16.6 Å². The number of benzene rings is 2. The highest BCUT2D eigenvalue weighted by atomic mass is 35.5. The number of piperazine rings is 1. The topological polar surface area (TPSA) is 40.6 Å². The summed E-state index contributed by atoms with van der Waals surface area (Å²) in [7, 11) is -3.74. The molecule has 0 radical (unpaired) electrons. The van der Waals surface area contributed by atoms with Crippen LogP contribution in [0.25, 0.3) is 0 Å². The fraction of sp³-hybridized carbons (Fsp3) is 0.294. The van der Waals surface area contributed by atoms with E-state index >= 15 is 0 Å². The van der Waals surface area contributed by atoms with Gasteiger partial charge in [0.1, 0.15) is 10.7 Å². The number of sulfonamides is 1. The normalized spacial score (nSPS) is 16.9. The van der Waals surface area contributed by atoms with E-state index in [1.165, 1.54) is 28.6 Å². The monoisotopic (exact) mass is 402 g/mol. The lowest BCUT2D eigenvalue weighted by Gasteiger charge is -2.34. The molecule has 2 aromatic carbocycles. The van der Waals surface area contributed by atoms with Crippen LogP contribution in [0.2, 0.25) is 10.0 Å². The molecule has 8 heteroatoms. The minimum Gasteiger partial charge on any atom is -0.296 e. The first kappa shape index (κ1) is 18.6. The van der Waals surface area contributed by atoms with E-state index in [0.717, 1.165) is 5.56 Å². The second-order valence-electron chi connectivity index (χ2n) is 5.86. The van der Waals surface area contributed by atoms with Gasteiger partial charge in [0.05, 0.1) is 10.0 Å². The molecule has 3 rings (SSSR count). The molecule has 1 aliphatic rings. The molecule has 2 aromatic rings. The zero-order chi connectivity index (χ0) is 18.0. The summed E-state index contributed by atoms with van der Waals surface area (Å²) in [6.07, 6.45) is 0. The van der Waals surface area contributed by atoms with E-state index in [0.29, 0.717) is 32.7 Å². The van der Waals surface area contributed by atoms with E-state index in [1.54, 1.807) is 12.1 Å². The third-order valence-electron chi connectivity index (χ3n) is 4.14. The molecule has 25 heavy (non-hydrogen) atoms. The Bertz CT molecular complexity index is 848. The molecule has 0 bridgehead atoms. The highest BCUT2D eigenvalue weighted by molar-refractivity contribution is 7.89. The van der Waals surface area contributed by atoms with Crippen LogP contribution in [0.4, 0.5) is 4.39 Å². The molecular weight excluding hydrogens is 386 g/mol. The summed E-state index contributed by atoms with van der Waals surface area (Å²) in [6.45, 7) is 2.35. The van der Waals surface area contributed by atoms with Gasteiger partial charge < -0.3 is 0 Å². The first-order chi connectivity index (χ1) is 11.9. The van der Waals surface area contributed by atoms with E-state index in [-0.39, 0.29) is 20.8 Å². The summed E-state index contributed by atoms with van der Waals surface area (Å²) in [4.78, 5) is 2.05. The van der Waals surface area contributed by atoms with Crippen LogP contribution in [0.5, 0.6) is 0 Å². The summed E-state index contributed by atoms with van der Waals surface area (Å²) in [5.41, 5.74) is 0.866. The summed E-state index contributed by atoms with van der Waals surface area (Å²) in [6, 6.07) is 11.1. The predicted molar refractivity (Wildman–Crippen MR) is 96.9 cm³/mol. The van der Waals surface area contributed by atoms with Crippen molar-refractivity contribution < 1.29 is 12.8 Å². The number of hydrogen-bond acceptors (Lipinski definition) is 3. The predicted octanol–water partition coefficient (Wildman–Crippen LogP) is 3.64. The van der Waals surface area contributed by atoms with Crippen molar-refractivity contribution in [1.82, 2.24) is 9.21 Å². The Morgan fingerprint density at radius 1 is 0.960 bits per heavy atom. The van der Waals surface area contributed by atoms with Gasteiger partial charge in [0, 0.05) is 32.7 Å². The van der Waals surface area contributed by atoms with Crippen LogP contribution < -0.4 is 0 Å². The zero-order valence-electron chi connectivity index (χ0n) is 13.3. The maximum absolute atomic E-state index is 13.3. The molecule has 134 valence electrons. The second-order valence-corrected chi connectivity index (χ2v) is 8.55. The molecule has 1 saturated heterocycles. The van der Waals surface area contributed by atoms with Gasteiger partial charge in [-0.3, -0.25) is 4.90 Å². The number of hydrogen-bond donors (Lipinski definition) is 0. The molecule has 0 N–H and O–H groups in total. The third-order valence-corrected chi connectivity index (χ3v) is 7.00. The fourth-order valence-corrected chi connectivity index (χ4v) is 5.39. The fourth-order valence-electron chi connectivity index (χ4n) is 2.88. The first-order valence-electron chi connectivity index (χ1n) is 7.79. The summed E-state index contributed by atoms with van der Waals surface area (Å²) < 4.78 is 40.3. The number of nitrogens with zero attached hydrogens (tertiary/aromatic N) is 2. The van der Waals surface area contributed by atoms with Gasteiger partial charge in [-0.1, -0.05) is 41.4 Å². The van der Waals surface area contributed by atoms with Crippen molar-refractivity contribution >= 4 is 33.2 Å². The highest BCUT2D eigenvalue weighted by Gasteiger charge is 2.31. The SMILES string of the molecule is O=S(=O)(c1c(Cl)cccc1Cl)N1CCN(Cc2cccc(F)c2)CC1. The molecule has 0 atom stereocenters. The second kappa shape index (κ2) is 7.60. The van der Waals surface area contributed by atoms with Gasteiger partial charge in [0.2, 0.25) is 10.0 Å². The molecule has 0 aliphatic carbocycles. The molecule has 0 aromatic heterocycles. The summed E-state index contributed by atoms with van der Waals surface area (Å²) >= 11 is 12.1. The van der Waals surface area contributed by atoms with Crippen molar-refractivity contribution in [2.24, 2.45) is 0 Å². The molecule has 0 saturated carbocycles. The molecule has 4 nitrogen and oxygen atoms in total. The van der Waals surface area contributed by atoms with Gasteiger partial charge in [0.15, 0.2) is 0 Å². The van der Waals surface area contributed by atoms with Crippen molar-refractivity contribution in [2.75, 3.05) is 26.2 Å². The Kier molecular flexibility index (Phi) is 5.65. The lowest BCUT2D eigenvalue weighted by molar-refractivity contribution is 0.181. The average molecular weight is 403 g/mol. The van der Waals surface area contributed by atoms with E-state index in [4.69, 9.17) is 23.2 Å². The van der Waals surface area contributed by atoms with Gasteiger partial charge in [-0.25, -0.2) is 12.8 Å². The smallest absolute Gasteiger partial charge is 0.246 e. The van der Waals surface area contributed by atoms with Gasteiger partial charge in [-0.15, -0.1) is 0 Å². The molecule has 0 unspecified atom stereocenters. The molecule has 1 fully saturated rings. The van der Waals surface area contributed by atoms with Crippen LogP contribution >= 0.6 is 23.2 Å². The largest absolute Gasteiger partial charge is 0.296 e. The van der Waals surface area contributed by atoms with E-state index in [1.807, 2.05) is 6.07 Å². The maximum atomic E-state index is 13.3.